The van der Waals surface area contributed by atoms with Crippen LogP contribution in [0.4, 0.5) is 0 Å². The molecule has 2 heterocycles. The zero-order valence-electron chi connectivity index (χ0n) is 14.0. The fraction of sp³-hybridized carbons (Fsp3) is 0.667. The molecule has 0 spiro atoms. The van der Waals surface area contributed by atoms with Crippen molar-refractivity contribution in [2.45, 2.75) is 52.6 Å². The van der Waals surface area contributed by atoms with Crippen LogP contribution in [-0.4, -0.2) is 25.2 Å². The van der Waals surface area contributed by atoms with Gasteiger partial charge in [-0.2, -0.15) is 0 Å². The van der Waals surface area contributed by atoms with E-state index in [-0.39, 0.29) is 16.7 Å². The van der Waals surface area contributed by atoms with Crippen LogP contribution >= 0.6 is 0 Å². The van der Waals surface area contributed by atoms with E-state index in [1.165, 1.54) is 7.05 Å². The van der Waals surface area contributed by atoms with E-state index in [1.807, 2.05) is 32.3 Å². The van der Waals surface area contributed by atoms with Gasteiger partial charge in [-0.3, -0.25) is 13.9 Å². The van der Waals surface area contributed by atoms with Gasteiger partial charge in [0, 0.05) is 32.1 Å². The van der Waals surface area contributed by atoms with Crippen molar-refractivity contribution in [3.05, 3.63) is 26.7 Å². The predicted molar refractivity (Wildman–Crippen MR) is 87.3 cm³/mol. The molecule has 22 heavy (non-hydrogen) atoms. The summed E-state index contributed by atoms with van der Waals surface area (Å²) in [5.74, 6) is 0.778. The lowest BCUT2D eigenvalue weighted by molar-refractivity contribution is 0.505. The Morgan fingerprint density at radius 1 is 1.14 bits per heavy atom. The van der Waals surface area contributed by atoms with Gasteiger partial charge in [0.1, 0.15) is 5.82 Å². The van der Waals surface area contributed by atoms with Crippen LogP contribution < -0.4 is 17.0 Å². The summed E-state index contributed by atoms with van der Waals surface area (Å²) in [7, 11) is 1.51. The fourth-order valence-corrected chi connectivity index (χ4v) is 2.70. The molecule has 0 saturated carbocycles. The molecule has 0 bridgehead atoms. The van der Waals surface area contributed by atoms with Gasteiger partial charge >= 0.3 is 5.69 Å². The Kier molecular flexibility index (Phi) is 4.28. The molecule has 7 nitrogen and oxygen atoms in total. The molecule has 122 valence electrons. The van der Waals surface area contributed by atoms with Crippen molar-refractivity contribution in [1.82, 2.24) is 18.7 Å². The molecule has 2 aromatic heterocycles. The number of hydrogen-bond acceptors (Lipinski definition) is 4. The Balaban J connectivity index is 3.01. The molecule has 0 fully saturated rings. The first-order valence-corrected chi connectivity index (χ1v) is 7.64. The summed E-state index contributed by atoms with van der Waals surface area (Å²) in [5.41, 5.74) is 5.76. The van der Waals surface area contributed by atoms with Crippen molar-refractivity contribution in [2.24, 2.45) is 12.8 Å². The maximum absolute atomic E-state index is 12.6. The molecule has 0 aliphatic carbocycles. The highest BCUT2D eigenvalue weighted by atomic mass is 16.2. The first kappa shape index (κ1) is 16.5. The lowest BCUT2D eigenvalue weighted by atomic mass is 9.95. The lowest BCUT2D eigenvalue weighted by Crippen LogP contribution is -2.39. The molecule has 0 amide bonds. The first-order valence-electron chi connectivity index (χ1n) is 7.64. The third kappa shape index (κ3) is 2.49. The maximum atomic E-state index is 12.6. The first-order chi connectivity index (χ1) is 10.2. The number of aryl methyl sites for hydroxylation is 1. The van der Waals surface area contributed by atoms with E-state index >= 15 is 0 Å². The number of fused-ring (bicyclic) bond motifs is 1. The topological polar surface area (TPSA) is 87.8 Å². The molecule has 0 saturated heterocycles. The maximum Gasteiger partial charge on any atom is 0.332 e. The summed E-state index contributed by atoms with van der Waals surface area (Å²) in [5, 5.41) is 0. The van der Waals surface area contributed by atoms with E-state index in [2.05, 4.69) is 4.98 Å². The van der Waals surface area contributed by atoms with Gasteiger partial charge in [-0.05, 0) is 6.42 Å². The van der Waals surface area contributed by atoms with Gasteiger partial charge in [0.15, 0.2) is 11.2 Å². The second-order valence-corrected chi connectivity index (χ2v) is 6.60. The van der Waals surface area contributed by atoms with Crippen LogP contribution in [-0.2, 0) is 25.6 Å². The zero-order chi connectivity index (χ0) is 16.7. The second-order valence-electron chi connectivity index (χ2n) is 6.60. The molecule has 0 radical (unpaired) electrons. The Morgan fingerprint density at radius 2 is 1.77 bits per heavy atom. The molecule has 2 N–H and O–H groups in total. The molecular formula is C15H25N5O2. The highest BCUT2D eigenvalue weighted by Crippen LogP contribution is 2.24. The average molecular weight is 307 g/mol. The number of rotatable bonds is 4. The van der Waals surface area contributed by atoms with E-state index in [4.69, 9.17) is 5.73 Å². The second kappa shape index (κ2) is 5.72. The van der Waals surface area contributed by atoms with Gasteiger partial charge in [0.05, 0.1) is 0 Å². The minimum atomic E-state index is -0.322. The van der Waals surface area contributed by atoms with Crippen molar-refractivity contribution in [3.63, 3.8) is 0 Å². The van der Waals surface area contributed by atoms with Gasteiger partial charge in [-0.1, -0.05) is 27.7 Å². The van der Waals surface area contributed by atoms with Crippen LogP contribution in [0.3, 0.4) is 0 Å². The third-order valence-electron chi connectivity index (χ3n) is 3.70. The van der Waals surface area contributed by atoms with E-state index in [9.17, 15) is 9.59 Å². The highest BCUT2D eigenvalue weighted by molar-refractivity contribution is 5.71. The largest absolute Gasteiger partial charge is 0.332 e. The van der Waals surface area contributed by atoms with Gasteiger partial charge in [0.2, 0.25) is 0 Å². The lowest BCUT2D eigenvalue weighted by Gasteiger charge is -2.19. The number of hydrogen-bond donors (Lipinski definition) is 1. The van der Waals surface area contributed by atoms with Crippen LogP contribution in [0.2, 0.25) is 0 Å². The minimum Gasteiger partial charge on any atom is -0.329 e. The Morgan fingerprint density at radius 3 is 2.27 bits per heavy atom. The van der Waals surface area contributed by atoms with Crippen molar-refractivity contribution < 1.29 is 0 Å². The molecule has 0 atom stereocenters. The van der Waals surface area contributed by atoms with Gasteiger partial charge in [0.25, 0.3) is 5.56 Å². The van der Waals surface area contributed by atoms with Gasteiger partial charge in [-0.15, -0.1) is 0 Å². The summed E-state index contributed by atoms with van der Waals surface area (Å²) in [4.78, 5) is 29.6. The minimum absolute atomic E-state index is 0.244. The molecule has 2 aromatic rings. The summed E-state index contributed by atoms with van der Waals surface area (Å²) in [6, 6.07) is 0. The third-order valence-corrected chi connectivity index (χ3v) is 3.70. The van der Waals surface area contributed by atoms with Crippen molar-refractivity contribution in [2.75, 3.05) is 6.54 Å². The van der Waals surface area contributed by atoms with E-state index in [0.717, 1.165) is 16.8 Å². The fourth-order valence-electron chi connectivity index (χ4n) is 2.70. The molecule has 2 rings (SSSR count). The highest BCUT2D eigenvalue weighted by Gasteiger charge is 2.26. The van der Waals surface area contributed by atoms with Crippen LogP contribution in [0.25, 0.3) is 11.2 Å². The molecule has 0 unspecified atom stereocenters. The number of imidazole rings is 1. The van der Waals surface area contributed by atoms with Gasteiger partial charge < -0.3 is 10.3 Å². The van der Waals surface area contributed by atoms with Crippen LogP contribution in [0.5, 0.6) is 0 Å². The molecule has 0 aromatic carbocycles. The summed E-state index contributed by atoms with van der Waals surface area (Å²) >= 11 is 0. The van der Waals surface area contributed by atoms with Crippen molar-refractivity contribution in [3.8, 4) is 0 Å². The summed E-state index contributed by atoms with van der Waals surface area (Å²) < 4.78 is 4.60. The van der Waals surface area contributed by atoms with E-state index < -0.39 is 0 Å². The number of nitrogens with two attached hydrogens (primary N) is 1. The Labute approximate surface area is 129 Å². The molecule has 0 aliphatic heterocycles. The quantitative estimate of drug-likeness (QED) is 0.894. The molecular weight excluding hydrogens is 282 g/mol. The SMILES string of the molecule is CCCn1c(=O)n(C)c(=O)c2c1nc(C(C)(C)C)n2CCN. The van der Waals surface area contributed by atoms with Gasteiger partial charge in [-0.25, -0.2) is 9.78 Å². The van der Waals surface area contributed by atoms with Crippen LogP contribution in [0, 0.1) is 0 Å². The zero-order valence-corrected chi connectivity index (χ0v) is 14.0. The standard InChI is InChI=1S/C15H25N5O2/c1-6-8-20-11-10(12(21)18(5)14(20)22)19(9-7-16)13(17-11)15(2,3)4/h6-9,16H2,1-5H3. The van der Waals surface area contributed by atoms with E-state index in [0.29, 0.717) is 30.8 Å². The Hall–Kier alpha value is -1.89. The monoisotopic (exact) mass is 307 g/mol. The molecule has 7 heteroatoms. The van der Waals surface area contributed by atoms with Crippen LogP contribution in [0.15, 0.2) is 9.59 Å². The van der Waals surface area contributed by atoms with Crippen molar-refractivity contribution in [1.29, 1.82) is 0 Å². The molecule has 0 aliphatic rings. The Bertz CT molecular complexity index is 804. The predicted octanol–water partition coefficient (Wildman–Crippen LogP) is 0.563. The van der Waals surface area contributed by atoms with Crippen LogP contribution in [0.1, 0.15) is 39.9 Å². The smallest absolute Gasteiger partial charge is 0.329 e. The number of aromatic nitrogens is 4. The average Bonchev–Trinajstić information content (AvgIpc) is 2.81. The summed E-state index contributed by atoms with van der Waals surface area (Å²) in [6.45, 7) is 9.54. The number of nitrogens with zero attached hydrogens (tertiary/aromatic N) is 4. The summed E-state index contributed by atoms with van der Waals surface area (Å²) in [6.07, 6.45) is 0.793. The normalized spacial score (nSPS) is 12.3. The van der Waals surface area contributed by atoms with Crippen molar-refractivity contribution >= 4 is 11.2 Å². The van der Waals surface area contributed by atoms with E-state index in [1.54, 1.807) is 4.57 Å².